The van der Waals surface area contributed by atoms with E-state index in [1.165, 1.54) is 10.5 Å². The van der Waals surface area contributed by atoms with E-state index < -0.39 is 11.5 Å². The molecule has 0 aromatic rings. The van der Waals surface area contributed by atoms with Crippen molar-refractivity contribution in [2.45, 2.75) is 58.6 Å². The fourth-order valence-corrected chi connectivity index (χ4v) is 4.61. The lowest BCUT2D eigenvalue weighted by molar-refractivity contribution is -0.151. The zero-order chi connectivity index (χ0) is 21.6. The number of likely N-dealkylation sites (tertiary alicyclic amines) is 1. The lowest BCUT2D eigenvalue weighted by Crippen LogP contribution is -2.72. The summed E-state index contributed by atoms with van der Waals surface area (Å²) in [6.07, 6.45) is 7.68. The second-order valence-electron chi connectivity index (χ2n) is 9.74. The topological polar surface area (TPSA) is 96.7 Å². The Morgan fingerprint density at radius 2 is 1.93 bits per heavy atom. The average Bonchev–Trinajstić information content (AvgIpc) is 2.66. The van der Waals surface area contributed by atoms with Crippen molar-refractivity contribution in [3.05, 3.63) is 23.8 Å². The molecule has 2 fully saturated rings. The summed E-state index contributed by atoms with van der Waals surface area (Å²) in [6.45, 7) is 9.16. The molecular weight excluding hydrogens is 368 g/mol. The number of aliphatic hydroxyl groups is 1. The molecule has 0 bridgehead atoms. The molecule has 29 heavy (non-hydrogen) atoms. The molecule has 2 saturated heterocycles. The minimum Gasteiger partial charge on any atom is -0.393 e. The number of aliphatic hydroxyl groups excluding tert-OH is 1. The Bertz CT molecular complexity index is 759. The van der Waals surface area contributed by atoms with Crippen molar-refractivity contribution in [1.82, 2.24) is 15.1 Å². The molecule has 0 saturated carbocycles. The Morgan fingerprint density at radius 1 is 1.31 bits per heavy atom. The van der Waals surface area contributed by atoms with E-state index in [0.29, 0.717) is 32.4 Å². The molecule has 7 heteroatoms. The van der Waals surface area contributed by atoms with Crippen LogP contribution in [0.15, 0.2) is 23.8 Å². The van der Waals surface area contributed by atoms with E-state index in [1.54, 1.807) is 18.9 Å². The lowest BCUT2D eigenvalue weighted by Gasteiger charge is -2.49. The minimum atomic E-state index is -1.19. The normalized spacial score (nSPS) is 31.6. The van der Waals surface area contributed by atoms with Crippen LogP contribution >= 0.6 is 0 Å². The van der Waals surface area contributed by atoms with E-state index in [2.05, 4.69) is 44.3 Å². The third-order valence-electron chi connectivity index (χ3n) is 6.56. The van der Waals surface area contributed by atoms with Crippen LogP contribution in [0.1, 0.15) is 47.0 Å². The van der Waals surface area contributed by atoms with Gasteiger partial charge in [0.1, 0.15) is 5.54 Å². The predicted octanol–water partition coefficient (Wildman–Crippen LogP) is 1.89. The fourth-order valence-electron chi connectivity index (χ4n) is 4.61. The van der Waals surface area contributed by atoms with Gasteiger partial charge in [-0.05, 0) is 43.1 Å². The first-order chi connectivity index (χ1) is 13.4. The van der Waals surface area contributed by atoms with Gasteiger partial charge in [-0.2, -0.15) is 0 Å². The molecule has 3 rings (SSSR count). The van der Waals surface area contributed by atoms with Crippen molar-refractivity contribution >= 4 is 17.8 Å². The molecule has 160 valence electrons. The van der Waals surface area contributed by atoms with Crippen LogP contribution in [-0.4, -0.2) is 64.5 Å². The first-order valence-electron chi connectivity index (χ1n) is 10.5. The number of nitrogens with zero attached hydrogens (tertiary/aromatic N) is 2. The van der Waals surface area contributed by atoms with Crippen molar-refractivity contribution in [1.29, 1.82) is 5.41 Å². The highest BCUT2D eigenvalue weighted by Gasteiger charge is 2.55. The van der Waals surface area contributed by atoms with Gasteiger partial charge in [0, 0.05) is 20.1 Å². The van der Waals surface area contributed by atoms with Gasteiger partial charge in [-0.25, -0.2) is 0 Å². The van der Waals surface area contributed by atoms with Crippen LogP contribution in [0, 0.1) is 22.7 Å². The Labute approximate surface area is 173 Å². The van der Waals surface area contributed by atoms with Crippen LogP contribution < -0.4 is 5.32 Å². The molecule has 2 heterocycles. The Morgan fingerprint density at radius 3 is 2.45 bits per heavy atom. The molecule has 1 unspecified atom stereocenters. The quantitative estimate of drug-likeness (QED) is 0.657. The Kier molecular flexibility index (Phi) is 5.64. The summed E-state index contributed by atoms with van der Waals surface area (Å²) in [5, 5.41) is 21.0. The van der Waals surface area contributed by atoms with Gasteiger partial charge >= 0.3 is 0 Å². The second kappa shape index (κ2) is 7.59. The monoisotopic (exact) mass is 402 g/mol. The number of nitrogens with one attached hydrogen (secondary N) is 2. The number of allylic oxidation sites excluding steroid dienone is 4. The summed E-state index contributed by atoms with van der Waals surface area (Å²) in [6, 6.07) is 0. The van der Waals surface area contributed by atoms with Gasteiger partial charge in [0.25, 0.3) is 0 Å². The maximum absolute atomic E-state index is 13.5. The number of hydrogen-bond acceptors (Lipinski definition) is 4. The minimum absolute atomic E-state index is 0.0307. The molecule has 0 spiro atoms. The van der Waals surface area contributed by atoms with Gasteiger partial charge in [-0.3, -0.25) is 19.9 Å². The van der Waals surface area contributed by atoms with Crippen LogP contribution in [-0.2, 0) is 9.59 Å². The molecule has 2 amide bonds. The fraction of sp³-hybridized carbons (Fsp3) is 0.682. The number of amides is 2. The van der Waals surface area contributed by atoms with Crippen LogP contribution in [0.4, 0.5) is 0 Å². The van der Waals surface area contributed by atoms with Gasteiger partial charge in [-0.1, -0.05) is 39.0 Å². The third kappa shape index (κ3) is 3.97. The van der Waals surface area contributed by atoms with Crippen molar-refractivity contribution in [2.24, 2.45) is 17.3 Å². The number of carbonyl (C=O) groups excluding carboxylic acids is 2. The van der Waals surface area contributed by atoms with Crippen molar-refractivity contribution in [3.8, 4) is 0 Å². The number of rotatable bonds is 2. The van der Waals surface area contributed by atoms with Crippen LogP contribution in [0.5, 0.6) is 0 Å². The summed E-state index contributed by atoms with van der Waals surface area (Å²) < 4.78 is 0. The zero-order valence-corrected chi connectivity index (χ0v) is 18.2. The first kappa shape index (κ1) is 21.6. The maximum Gasteiger partial charge on any atom is 0.248 e. The van der Waals surface area contributed by atoms with Gasteiger partial charge in [0.05, 0.1) is 12.0 Å². The number of guanidine groups is 1. The summed E-state index contributed by atoms with van der Waals surface area (Å²) in [4.78, 5) is 29.8. The SMILES string of the molecule is CN1C(=N)N[C@](C)(C(=O)N2CCC(O)CC2)[C@@H](C2C=CC(C(C)(C)C)=CC2)C1=O. The smallest absolute Gasteiger partial charge is 0.248 e. The van der Waals surface area contributed by atoms with E-state index in [-0.39, 0.29) is 35.2 Å². The molecule has 1 aliphatic carbocycles. The molecule has 3 aliphatic rings. The maximum atomic E-state index is 13.5. The molecule has 3 N–H and O–H groups in total. The summed E-state index contributed by atoms with van der Waals surface area (Å²) >= 11 is 0. The summed E-state index contributed by atoms with van der Waals surface area (Å²) in [7, 11) is 1.58. The lowest BCUT2D eigenvalue weighted by atomic mass is 9.69. The molecule has 3 atom stereocenters. The van der Waals surface area contributed by atoms with E-state index in [1.807, 2.05) is 0 Å². The molecule has 7 nitrogen and oxygen atoms in total. The standard InChI is InChI=1S/C22H34N4O3/c1-21(2,3)15-8-6-14(7-9-15)17-18(28)25(5)20(23)24-22(17,4)19(29)26-12-10-16(27)11-13-26/h6,8-9,14,16-17,27H,7,10-13H2,1-5H3,(H2,23,24)/t14?,17-,22-/m0/s1. The summed E-state index contributed by atoms with van der Waals surface area (Å²) in [5.41, 5.74) is 0.0673. The zero-order valence-electron chi connectivity index (χ0n) is 18.2. The highest BCUT2D eigenvalue weighted by atomic mass is 16.3. The van der Waals surface area contributed by atoms with E-state index >= 15 is 0 Å². The molecule has 0 aromatic heterocycles. The average molecular weight is 403 g/mol. The van der Waals surface area contributed by atoms with E-state index in [4.69, 9.17) is 5.41 Å². The van der Waals surface area contributed by atoms with Crippen molar-refractivity contribution in [3.63, 3.8) is 0 Å². The van der Waals surface area contributed by atoms with E-state index in [0.717, 1.165) is 0 Å². The van der Waals surface area contributed by atoms with Gasteiger partial charge in [0.15, 0.2) is 5.96 Å². The Hall–Kier alpha value is -2.15. The van der Waals surface area contributed by atoms with Gasteiger partial charge < -0.3 is 15.3 Å². The highest BCUT2D eigenvalue weighted by Crippen LogP contribution is 2.39. The van der Waals surface area contributed by atoms with Crippen molar-refractivity contribution < 1.29 is 14.7 Å². The van der Waals surface area contributed by atoms with Crippen LogP contribution in [0.2, 0.25) is 0 Å². The third-order valence-corrected chi connectivity index (χ3v) is 6.56. The number of carbonyl (C=O) groups is 2. The van der Waals surface area contributed by atoms with E-state index in [9.17, 15) is 14.7 Å². The van der Waals surface area contributed by atoms with Gasteiger partial charge in [0.2, 0.25) is 11.8 Å². The number of hydrogen-bond donors (Lipinski definition) is 3. The molecule has 2 aliphatic heterocycles. The number of piperidine rings is 1. The van der Waals surface area contributed by atoms with Crippen LogP contribution in [0.25, 0.3) is 0 Å². The Balaban J connectivity index is 1.90. The molecule has 0 radical (unpaired) electrons. The van der Waals surface area contributed by atoms with Crippen molar-refractivity contribution in [2.75, 3.05) is 20.1 Å². The summed E-state index contributed by atoms with van der Waals surface area (Å²) in [5.74, 6) is -1.15. The molecule has 0 aromatic carbocycles. The predicted molar refractivity (Wildman–Crippen MR) is 112 cm³/mol. The molecular formula is C22H34N4O3. The largest absolute Gasteiger partial charge is 0.393 e. The highest BCUT2D eigenvalue weighted by molar-refractivity contribution is 6.06. The first-order valence-corrected chi connectivity index (χ1v) is 10.5. The second-order valence-corrected chi connectivity index (χ2v) is 9.74. The van der Waals surface area contributed by atoms with Crippen LogP contribution in [0.3, 0.4) is 0 Å². The van der Waals surface area contributed by atoms with Gasteiger partial charge in [-0.15, -0.1) is 0 Å².